The van der Waals surface area contributed by atoms with E-state index in [0.29, 0.717) is 12.3 Å². The number of benzene rings is 2. The lowest BCUT2D eigenvalue weighted by molar-refractivity contribution is 0.0784. The van der Waals surface area contributed by atoms with Crippen LogP contribution in [0.25, 0.3) is 0 Å². The second-order valence-electron chi connectivity index (χ2n) is 7.02. The summed E-state index contributed by atoms with van der Waals surface area (Å²) in [5.41, 5.74) is 2.19. The molecular weight excluding hydrogens is 400 g/mol. The number of methoxy groups -OCH3 is 1. The van der Waals surface area contributed by atoms with Gasteiger partial charge in [-0.15, -0.1) is 0 Å². The average molecular weight is 423 g/mol. The molecule has 1 aliphatic rings. The van der Waals surface area contributed by atoms with Crippen LogP contribution < -0.4 is 9.46 Å². The third kappa shape index (κ3) is 4.66. The van der Waals surface area contributed by atoms with Crippen molar-refractivity contribution in [3.8, 4) is 5.75 Å². The molecule has 1 N–H and O–H groups in total. The van der Waals surface area contributed by atoms with Gasteiger partial charge in [0.2, 0.25) is 10.0 Å². The van der Waals surface area contributed by atoms with Gasteiger partial charge in [-0.05, 0) is 44.0 Å². The molecule has 0 aliphatic heterocycles. The number of carbonyl (C=O) groups excluding carboxylic acids is 1. The van der Waals surface area contributed by atoms with E-state index >= 15 is 0 Å². The number of hydrogen-bond donors (Lipinski definition) is 1. The molecule has 8 heteroatoms. The third-order valence-corrected chi connectivity index (χ3v) is 6.56. The first-order valence-electron chi connectivity index (χ1n) is 8.92. The van der Waals surface area contributed by atoms with Crippen LogP contribution in [0.15, 0.2) is 41.3 Å². The Hall–Kier alpha value is -2.09. The van der Waals surface area contributed by atoms with Crippen LogP contribution in [0.1, 0.15) is 34.3 Å². The molecule has 2 aromatic carbocycles. The van der Waals surface area contributed by atoms with E-state index in [1.807, 2.05) is 25.1 Å². The predicted octanol–water partition coefficient (Wildman–Crippen LogP) is 3.37. The molecule has 3 rings (SSSR count). The molecule has 150 valence electrons. The standard InChI is InChI=1S/C20H23ClN2O4S/c1-13-4-9-18(27-3)15(10-13)12-23(2)20(24)14-5-8-17(21)19(11-14)28(25,26)22-16-6-7-16/h4-5,8-11,16,22H,6-7,12H2,1-3H3. The molecule has 0 aromatic heterocycles. The summed E-state index contributed by atoms with van der Waals surface area (Å²) in [6.45, 7) is 2.29. The first-order valence-corrected chi connectivity index (χ1v) is 10.8. The summed E-state index contributed by atoms with van der Waals surface area (Å²) in [7, 11) is -0.513. The SMILES string of the molecule is COc1ccc(C)cc1CN(C)C(=O)c1ccc(Cl)c(S(=O)(=O)NC2CC2)c1. The minimum Gasteiger partial charge on any atom is -0.496 e. The molecule has 0 spiro atoms. The van der Waals surface area contributed by atoms with Crippen molar-refractivity contribution in [1.82, 2.24) is 9.62 Å². The molecule has 1 fully saturated rings. The molecular formula is C20H23ClN2O4S. The molecule has 1 amide bonds. The summed E-state index contributed by atoms with van der Waals surface area (Å²) < 4.78 is 33.0. The molecule has 0 atom stereocenters. The van der Waals surface area contributed by atoms with Crippen molar-refractivity contribution >= 4 is 27.5 Å². The Morgan fingerprint density at radius 3 is 2.61 bits per heavy atom. The minimum absolute atomic E-state index is 0.0446. The summed E-state index contributed by atoms with van der Waals surface area (Å²) in [5.74, 6) is 0.390. The number of halogens is 1. The maximum Gasteiger partial charge on any atom is 0.253 e. The molecule has 2 aromatic rings. The smallest absolute Gasteiger partial charge is 0.253 e. The lowest BCUT2D eigenvalue weighted by Crippen LogP contribution is -2.28. The number of carbonyl (C=O) groups is 1. The number of aryl methyl sites for hydroxylation is 1. The Bertz CT molecular complexity index is 1000. The number of ether oxygens (including phenoxy) is 1. The van der Waals surface area contributed by atoms with Gasteiger partial charge in [-0.3, -0.25) is 4.79 Å². The maximum atomic E-state index is 12.9. The van der Waals surface area contributed by atoms with Crippen molar-refractivity contribution in [1.29, 1.82) is 0 Å². The molecule has 1 saturated carbocycles. The highest BCUT2D eigenvalue weighted by molar-refractivity contribution is 7.89. The Labute approximate surface area is 170 Å². The van der Waals surface area contributed by atoms with Crippen LogP contribution >= 0.6 is 11.6 Å². The van der Waals surface area contributed by atoms with E-state index in [2.05, 4.69) is 4.72 Å². The van der Waals surface area contributed by atoms with Crippen molar-refractivity contribution in [3.63, 3.8) is 0 Å². The fraction of sp³-hybridized carbons (Fsp3) is 0.350. The van der Waals surface area contributed by atoms with Crippen LogP contribution in [0, 0.1) is 6.92 Å². The zero-order valence-electron chi connectivity index (χ0n) is 16.0. The zero-order valence-corrected chi connectivity index (χ0v) is 17.6. The van der Waals surface area contributed by atoms with Gasteiger partial charge in [-0.1, -0.05) is 29.3 Å². The van der Waals surface area contributed by atoms with E-state index in [0.717, 1.165) is 24.0 Å². The van der Waals surface area contributed by atoms with Crippen molar-refractivity contribution < 1.29 is 17.9 Å². The van der Waals surface area contributed by atoms with Crippen LogP contribution in [-0.4, -0.2) is 39.4 Å². The van der Waals surface area contributed by atoms with Crippen molar-refractivity contribution in [3.05, 3.63) is 58.1 Å². The van der Waals surface area contributed by atoms with E-state index < -0.39 is 10.0 Å². The second kappa shape index (κ2) is 8.11. The summed E-state index contributed by atoms with van der Waals surface area (Å²) in [4.78, 5) is 14.3. The number of nitrogens with one attached hydrogen (secondary N) is 1. The first kappa shape index (κ1) is 20.6. The molecule has 0 saturated heterocycles. The van der Waals surface area contributed by atoms with Gasteiger partial charge in [0.25, 0.3) is 5.91 Å². The Kier molecular flexibility index (Phi) is 5.98. The quantitative estimate of drug-likeness (QED) is 0.742. The number of rotatable bonds is 7. The summed E-state index contributed by atoms with van der Waals surface area (Å²) in [6, 6.07) is 10.0. The van der Waals surface area contributed by atoms with Gasteiger partial charge in [0.1, 0.15) is 10.6 Å². The predicted molar refractivity (Wildman–Crippen MR) is 108 cm³/mol. The van der Waals surface area contributed by atoms with Gasteiger partial charge < -0.3 is 9.64 Å². The molecule has 28 heavy (non-hydrogen) atoms. The third-order valence-electron chi connectivity index (χ3n) is 4.56. The van der Waals surface area contributed by atoms with Crippen LogP contribution in [-0.2, 0) is 16.6 Å². The summed E-state index contributed by atoms with van der Waals surface area (Å²) in [5, 5.41) is 0.0905. The van der Waals surface area contributed by atoms with E-state index in [1.54, 1.807) is 14.2 Å². The van der Waals surface area contributed by atoms with Crippen LogP contribution in [0.3, 0.4) is 0 Å². The van der Waals surface area contributed by atoms with Gasteiger partial charge >= 0.3 is 0 Å². The number of hydrogen-bond acceptors (Lipinski definition) is 4. The zero-order chi connectivity index (χ0) is 20.5. The van der Waals surface area contributed by atoms with E-state index in [4.69, 9.17) is 16.3 Å². The average Bonchev–Trinajstić information content (AvgIpc) is 3.44. The Morgan fingerprint density at radius 1 is 1.25 bits per heavy atom. The lowest BCUT2D eigenvalue weighted by Gasteiger charge is -2.20. The largest absolute Gasteiger partial charge is 0.496 e. The van der Waals surface area contributed by atoms with E-state index in [-0.39, 0.29) is 27.4 Å². The number of nitrogens with zero attached hydrogens (tertiary/aromatic N) is 1. The van der Waals surface area contributed by atoms with Crippen molar-refractivity contribution in [2.75, 3.05) is 14.2 Å². The highest BCUT2D eigenvalue weighted by atomic mass is 35.5. The highest BCUT2D eigenvalue weighted by Gasteiger charge is 2.30. The maximum absolute atomic E-state index is 12.9. The summed E-state index contributed by atoms with van der Waals surface area (Å²) >= 11 is 6.10. The number of amides is 1. The lowest BCUT2D eigenvalue weighted by atomic mass is 10.1. The first-order chi connectivity index (χ1) is 13.2. The van der Waals surface area contributed by atoms with Crippen molar-refractivity contribution in [2.24, 2.45) is 0 Å². The molecule has 0 unspecified atom stereocenters. The molecule has 0 bridgehead atoms. The molecule has 1 aliphatic carbocycles. The normalized spacial score (nSPS) is 14.0. The second-order valence-corrected chi connectivity index (χ2v) is 9.11. The van der Waals surface area contributed by atoms with Crippen LogP contribution in [0.4, 0.5) is 0 Å². The fourth-order valence-electron chi connectivity index (χ4n) is 2.91. The van der Waals surface area contributed by atoms with Gasteiger partial charge in [0.05, 0.1) is 12.1 Å². The number of sulfonamides is 1. The Morgan fingerprint density at radius 2 is 1.96 bits per heavy atom. The van der Waals surface area contributed by atoms with Crippen LogP contribution in [0.5, 0.6) is 5.75 Å². The van der Waals surface area contributed by atoms with Gasteiger partial charge in [0, 0.05) is 30.8 Å². The molecule has 0 radical (unpaired) electrons. The van der Waals surface area contributed by atoms with Crippen LogP contribution in [0.2, 0.25) is 5.02 Å². The van der Waals surface area contributed by atoms with E-state index in [9.17, 15) is 13.2 Å². The van der Waals surface area contributed by atoms with E-state index in [1.165, 1.54) is 23.1 Å². The summed E-state index contributed by atoms with van der Waals surface area (Å²) in [6.07, 6.45) is 1.63. The van der Waals surface area contributed by atoms with Gasteiger partial charge in [0.15, 0.2) is 0 Å². The molecule has 6 nitrogen and oxygen atoms in total. The van der Waals surface area contributed by atoms with Gasteiger partial charge in [-0.25, -0.2) is 13.1 Å². The van der Waals surface area contributed by atoms with Crippen molar-refractivity contribution in [2.45, 2.75) is 37.2 Å². The highest BCUT2D eigenvalue weighted by Crippen LogP contribution is 2.28. The molecule has 0 heterocycles. The van der Waals surface area contributed by atoms with Gasteiger partial charge in [-0.2, -0.15) is 0 Å². The monoisotopic (exact) mass is 422 g/mol. The fourth-order valence-corrected chi connectivity index (χ4v) is 4.74. The minimum atomic E-state index is -3.76. The topological polar surface area (TPSA) is 75.7 Å². The Balaban J connectivity index is 1.84.